The molecule has 0 atom stereocenters. The first-order chi connectivity index (χ1) is 16.1. The van der Waals surface area contributed by atoms with Crippen LogP contribution in [-0.2, 0) is 4.74 Å². The number of esters is 1. The van der Waals surface area contributed by atoms with Gasteiger partial charge in [0.25, 0.3) is 0 Å². The summed E-state index contributed by atoms with van der Waals surface area (Å²) in [6.07, 6.45) is 14.5. The lowest BCUT2D eigenvalue weighted by molar-refractivity contribution is 0.0498. The maximum Gasteiger partial charge on any atom is 0.338 e. The fourth-order valence-corrected chi connectivity index (χ4v) is 5.05. The zero-order valence-corrected chi connectivity index (χ0v) is 20.6. The fraction of sp³-hybridized carbons (Fsp3) is 0.567. The zero-order chi connectivity index (χ0) is 23.5. The standard InChI is InChI=1S/C30H41FO2/c1-3-5-7-9-21-33-30(32)26-17-15-25(16-18-26)28-20-19-27(22-29(28)31)24-13-11-23(12-14-24)10-8-6-4-2/h15-20,22-24H,3-14,21H2,1-2H3/t23-,24-. The molecule has 0 aliphatic heterocycles. The van der Waals surface area contributed by atoms with E-state index >= 15 is 4.39 Å². The highest BCUT2D eigenvalue weighted by Crippen LogP contribution is 2.39. The van der Waals surface area contributed by atoms with Gasteiger partial charge in [-0.2, -0.15) is 0 Å². The van der Waals surface area contributed by atoms with Gasteiger partial charge in [0.15, 0.2) is 0 Å². The second-order valence-corrected chi connectivity index (χ2v) is 9.73. The topological polar surface area (TPSA) is 26.3 Å². The van der Waals surface area contributed by atoms with Crippen molar-refractivity contribution in [3.05, 3.63) is 59.4 Å². The zero-order valence-electron chi connectivity index (χ0n) is 20.6. The molecular formula is C30H41FO2. The smallest absolute Gasteiger partial charge is 0.338 e. The van der Waals surface area contributed by atoms with Crippen molar-refractivity contribution in [3.8, 4) is 11.1 Å². The van der Waals surface area contributed by atoms with Crippen LogP contribution in [0.15, 0.2) is 42.5 Å². The average molecular weight is 453 g/mol. The molecule has 2 aromatic rings. The molecule has 1 saturated carbocycles. The lowest BCUT2D eigenvalue weighted by atomic mass is 9.77. The van der Waals surface area contributed by atoms with E-state index < -0.39 is 0 Å². The molecule has 0 N–H and O–H groups in total. The summed E-state index contributed by atoms with van der Waals surface area (Å²) in [5.74, 6) is 0.854. The quantitative estimate of drug-likeness (QED) is 0.237. The van der Waals surface area contributed by atoms with Crippen LogP contribution in [0.25, 0.3) is 11.1 Å². The van der Waals surface area contributed by atoms with Crippen molar-refractivity contribution in [3.63, 3.8) is 0 Å². The third kappa shape index (κ3) is 7.69. The summed E-state index contributed by atoms with van der Waals surface area (Å²) in [6, 6.07) is 12.8. The van der Waals surface area contributed by atoms with Crippen molar-refractivity contribution in [2.24, 2.45) is 5.92 Å². The highest BCUT2D eigenvalue weighted by molar-refractivity contribution is 5.90. The van der Waals surface area contributed by atoms with Gasteiger partial charge in [-0.1, -0.05) is 83.1 Å². The lowest BCUT2D eigenvalue weighted by Gasteiger charge is -2.29. The molecular weight excluding hydrogens is 411 g/mol. The molecule has 0 unspecified atom stereocenters. The van der Waals surface area contributed by atoms with E-state index in [9.17, 15) is 4.79 Å². The first-order valence-electron chi connectivity index (χ1n) is 13.2. The van der Waals surface area contributed by atoms with E-state index in [1.165, 1.54) is 51.4 Å². The molecule has 3 rings (SSSR count). The van der Waals surface area contributed by atoms with Gasteiger partial charge in [0.05, 0.1) is 12.2 Å². The van der Waals surface area contributed by atoms with Gasteiger partial charge in [0, 0.05) is 5.56 Å². The Hall–Kier alpha value is -2.16. The normalized spacial score (nSPS) is 18.3. The monoisotopic (exact) mass is 452 g/mol. The van der Waals surface area contributed by atoms with Gasteiger partial charge in [0.1, 0.15) is 5.82 Å². The van der Waals surface area contributed by atoms with Crippen LogP contribution in [0, 0.1) is 11.7 Å². The summed E-state index contributed by atoms with van der Waals surface area (Å²) in [5.41, 5.74) is 3.03. The van der Waals surface area contributed by atoms with Gasteiger partial charge >= 0.3 is 5.97 Å². The summed E-state index contributed by atoms with van der Waals surface area (Å²) in [6.45, 7) is 4.87. The Labute approximate surface area is 199 Å². The van der Waals surface area contributed by atoms with E-state index in [4.69, 9.17) is 4.74 Å². The molecule has 1 aliphatic carbocycles. The second-order valence-electron chi connectivity index (χ2n) is 9.73. The van der Waals surface area contributed by atoms with Crippen molar-refractivity contribution < 1.29 is 13.9 Å². The number of carbonyl (C=O) groups excluding carboxylic acids is 1. The Bertz CT molecular complexity index is 850. The van der Waals surface area contributed by atoms with Crippen LogP contribution < -0.4 is 0 Å². The van der Waals surface area contributed by atoms with Crippen LogP contribution in [0.5, 0.6) is 0 Å². The number of halogens is 1. The third-order valence-electron chi connectivity index (χ3n) is 7.19. The molecule has 0 spiro atoms. The maximum absolute atomic E-state index is 15.0. The minimum Gasteiger partial charge on any atom is -0.462 e. The van der Waals surface area contributed by atoms with Gasteiger partial charge in [-0.05, 0) is 73.3 Å². The van der Waals surface area contributed by atoms with Crippen molar-refractivity contribution in [2.75, 3.05) is 6.61 Å². The molecule has 2 aromatic carbocycles. The highest BCUT2D eigenvalue weighted by Gasteiger charge is 2.23. The maximum atomic E-state index is 15.0. The van der Waals surface area contributed by atoms with Crippen LogP contribution in [0.2, 0.25) is 0 Å². The Morgan fingerprint density at radius 2 is 1.58 bits per heavy atom. The van der Waals surface area contributed by atoms with Crippen molar-refractivity contribution in [2.45, 2.75) is 96.8 Å². The lowest BCUT2D eigenvalue weighted by Crippen LogP contribution is -2.13. The van der Waals surface area contributed by atoms with Crippen molar-refractivity contribution in [1.29, 1.82) is 0 Å². The molecule has 0 aromatic heterocycles. The first kappa shape index (κ1) is 25.5. The fourth-order valence-electron chi connectivity index (χ4n) is 5.05. The van der Waals surface area contributed by atoms with Gasteiger partial charge in [-0.15, -0.1) is 0 Å². The number of hydrogen-bond acceptors (Lipinski definition) is 2. The number of benzene rings is 2. The summed E-state index contributed by atoms with van der Waals surface area (Å²) in [5, 5.41) is 0. The van der Waals surface area contributed by atoms with E-state index in [2.05, 4.69) is 19.9 Å². The predicted molar refractivity (Wildman–Crippen MR) is 135 cm³/mol. The average Bonchev–Trinajstić information content (AvgIpc) is 2.84. The molecule has 1 fully saturated rings. The van der Waals surface area contributed by atoms with Gasteiger partial charge in [0.2, 0.25) is 0 Å². The summed E-state index contributed by atoms with van der Waals surface area (Å²) in [4.78, 5) is 12.2. The minimum absolute atomic E-state index is 0.177. The van der Waals surface area contributed by atoms with Crippen LogP contribution in [-0.4, -0.2) is 12.6 Å². The highest BCUT2D eigenvalue weighted by atomic mass is 19.1. The van der Waals surface area contributed by atoms with Crippen molar-refractivity contribution in [1.82, 2.24) is 0 Å². The number of rotatable bonds is 12. The van der Waals surface area contributed by atoms with Crippen LogP contribution in [0.4, 0.5) is 4.39 Å². The Morgan fingerprint density at radius 3 is 2.24 bits per heavy atom. The molecule has 33 heavy (non-hydrogen) atoms. The molecule has 1 aliphatic rings. The molecule has 3 heteroatoms. The summed E-state index contributed by atoms with van der Waals surface area (Å²) in [7, 11) is 0. The number of carbonyl (C=O) groups is 1. The largest absolute Gasteiger partial charge is 0.462 e. The van der Waals surface area contributed by atoms with Gasteiger partial charge < -0.3 is 4.74 Å². The predicted octanol–water partition coefficient (Wildman–Crippen LogP) is 9.08. The summed E-state index contributed by atoms with van der Waals surface area (Å²) < 4.78 is 20.4. The molecule has 0 saturated heterocycles. The van der Waals surface area contributed by atoms with Crippen molar-refractivity contribution >= 4 is 5.97 Å². The van der Waals surface area contributed by atoms with Crippen LogP contribution in [0.1, 0.15) is 113 Å². The summed E-state index contributed by atoms with van der Waals surface area (Å²) >= 11 is 0. The van der Waals surface area contributed by atoms with Gasteiger partial charge in [-0.3, -0.25) is 0 Å². The van der Waals surface area contributed by atoms with E-state index in [0.717, 1.165) is 42.7 Å². The third-order valence-corrected chi connectivity index (χ3v) is 7.19. The van der Waals surface area contributed by atoms with Gasteiger partial charge in [-0.25, -0.2) is 9.18 Å². The van der Waals surface area contributed by atoms with E-state index in [0.29, 0.717) is 23.7 Å². The SMILES string of the molecule is CCCCCCOC(=O)c1ccc(-c2ccc([C@H]3CC[C@H](CCCCC)CC3)cc2F)cc1. The van der Waals surface area contributed by atoms with Crippen LogP contribution in [0.3, 0.4) is 0 Å². The molecule has 2 nitrogen and oxygen atoms in total. The Morgan fingerprint density at radius 1 is 0.879 bits per heavy atom. The number of ether oxygens (including phenoxy) is 1. The molecule has 0 heterocycles. The van der Waals surface area contributed by atoms with E-state index in [1.807, 2.05) is 18.2 Å². The van der Waals surface area contributed by atoms with Crippen LogP contribution >= 0.6 is 0 Å². The molecule has 0 amide bonds. The Balaban J connectivity index is 1.54. The number of unbranched alkanes of at least 4 members (excludes halogenated alkanes) is 5. The molecule has 0 bridgehead atoms. The number of hydrogen-bond donors (Lipinski definition) is 0. The van der Waals surface area contributed by atoms with E-state index in [-0.39, 0.29) is 11.8 Å². The first-order valence-corrected chi connectivity index (χ1v) is 13.2. The Kier molecular flexibility index (Phi) is 10.4. The molecule has 180 valence electrons. The second kappa shape index (κ2) is 13.5. The minimum atomic E-state index is -0.306. The molecule has 0 radical (unpaired) electrons. The van der Waals surface area contributed by atoms with E-state index in [1.54, 1.807) is 18.2 Å².